The topological polar surface area (TPSA) is 78.5 Å². The standard InChI is InChI=1S/C22H22N4O3S2/c1-25(13-19-23-18-9-11-31-21(18)22(28)24-19)14-20(27)26(12-17-4-3-10-30-17)15-5-7-16(29-2)8-6-15/h3-11H,12-14H2,1-2H3,(H,23,24,28). The smallest absolute Gasteiger partial charge is 0.268 e. The molecule has 3 heterocycles. The fourth-order valence-corrected chi connectivity index (χ4v) is 4.69. The van der Waals surface area contributed by atoms with E-state index in [0.717, 1.165) is 16.3 Å². The monoisotopic (exact) mass is 454 g/mol. The van der Waals surface area contributed by atoms with Crippen LogP contribution in [0.4, 0.5) is 5.69 Å². The van der Waals surface area contributed by atoms with Crippen LogP contribution in [-0.4, -0.2) is 41.5 Å². The maximum atomic E-state index is 13.2. The molecule has 0 atom stereocenters. The normalized spacial score (nSPS) is 11.2. The zero-order chi connectivity index (χ0) is 21.8. The fraction of sp³-hybridized carbons (Fsp3) is 0.227. The molecule has 0 aliphatic carbocycles. The second-order valence-electron chi connectivity index (χ2n) is 7.08. The van der Waals surface area contributed by atoms with E-state index in [0.29, 0.717) is 29.1 Å². The third-order valence-corrected chi connectivity index (χ3v) is 6.53. The van der Waals surface area contributed by atoms with Crippen LogP contribution in [0.15, 0.2) is 58.0 Å². The summed E-state index contributed by atoms with van der Waals surface area (Å²) >= 11 is 2.98. The summed E-state index contributed by atoms with van der Waals surface area (Å²) in [6.07, 6.45) is 0. The molecule has 1 amide bonds. The summed E-state index contributed by atoms with van der Waals surface area (Å²) in [5.74, 6) is 1.24. The minimum atomic E-state index is -0.146. The highest BCUT2D eigenvalue weighted by molar-refractivity contribution is 7.17. The first-order chi connectivity index (χ1) is 15.0. The summed E-state index contributed by atoms with van der Waals surface area (Å²) in [6, 6.07) is 13.3. The molecule has 3 aromatic heterocycles. The van der Waals surface area contributed by atoms with Crippen molar-refractivity contribution < 1.29 is 9.53 Å². The number of carbonyl (C=O) groups is 1. The van der Waals surface area contributed by atoms with Gasteiger partial charge in [0.1, 0.15) is 16.3 Å². The number of methoxy groups -OCH3 is 1. The third-order valence-electron chi connectivity index (χ3n) is 4.77. The molecule has 0 unspecified atom stereocenters. The number of nitrogens with zero attached hydrogens (tertiary/aromatic N) is 3. The highest BCUT2D eigenvalue weighted by atomic mass is 32.1. The molecule has 160 valence electrons. The predicted octanol–water partition coefficient (Wildman–Crippen LogP) is 3.72. The van der Waals surface area contributed by atoms with Crippen molar-refractivity contribution in [2.75, 3.05) is 25.6 Å². The van der Waals surface area contributed by atoms with Gasteiger partial charge in [0.05, 0.1) is 32.3 Å². The Labute approximate surface area is 187 Å². The first-order valence-corrected chi connectivity index (χ1v) is 11.4. The molecule has 4 rings (SSSR count). The number of amides is 1. The van der Waals surface area contributed by atoms with Gasteiger partial charge < -0.3 is 14.6 Å². The van der Waals surface area contributed by atoms with Gasteiger partial charge in [0.25, 0.3) is 5.56 Å². The number of thiophene rings is 2. The number of fused-ring (bicyclic) bond motifs is 1. The summed E-state index contributed by atoms with van der Waals surface area (Å²) in [5.41, 5.74) is 1.34. The van der Waals surface area contributed by atoms with Gasteiger partial charge in [0.15, 0.2) is 0 Å². The Morgan fingerprint density at radius 1 is 1.10 bits per heavy atom. The molecule has 0 radical (unpaired) electrons. The largest absolute Gasteiger partial charge is 0.497 e. The van der Waals surface area contributed by atoms with E-state index in [9.17, 15) is 9.59 Å². The third kappa shape index (κ3) is 5.01. The lowest BCUT2D eigenvalue weighted by Crippen LogP contribution is -2.38. The van der Waals surface area contributed by atoms with Crippen LogP contribution in [0.25, 0.3) is 10.2 Å². The molecule has 1 N–H and O–H groups in total. The van der Waals surface area contributed by atoms with Crippen molar-refractivity contribution in [1.82, 2.24) is 14.9 Å². The van der Waals surface area contributed by atoms with E-state index in [4.69, 9.17) is 4.74 Å². The van der Waals surface area contributed by atoms with Crippen LogP contribution in [0.2, 0.25) is 0 Å². The predicted molar refractivity (Wildman–Crippen MR) is 125 cm³/mol. The van der Waals surface area contributed by atoms with E-state index >= 15 is 0 Å². The Hall–Kier alpha value is -3.01. The lowest BCUT2D eigenvalue weighted by Gasteiger charge is -2.25. The average Bonchev–Trinajstić information content (AvgIpc) is 3.44. The summed E-state index contributed by atoms with van der Waals surface area (Å²) in [6.45, 7) is 1.04. The first kappa shape index (κ1) is 21.2. The molecule has 7 nitrogen and oxygen atoms in total. The molecule has 0 aliphatic rings. The number of aromatic nitrogens is 2. The number of ether oxygens (including phenoxy) is 1. The highest BCUT2D eigenvalue weighted by Crippen LogP contribution is 2.23. The summed E-state index contributed by atoms with van der Waals surface area (Å²) in [7, 11) is 3.46. The van der Waals surface area contributed by atoms with Gasteiger partial charge in [-0.15, -0.1) is 22.7 Å². The molecular formula is C22H22N4O3S2. The Bertz CT molecular complexity index is 1220. The number of likely N-dealkylation sites (N-methyl/N-ethyl adjacent to an activating group) is 1. The van der Waals surface area contributed by atoms with Crippen LogP contribution in [0.3, 0.4) is 0 Å². The number of hydrogen-bond donors (Lipinski definition) is 1. The SMILES string of the molecule is COc1ccc(N(Cc2cccs2)C(=O)CN(C)Cc2nc3ccsc3c(=O)[nH]2)cc1. The van der Waals surface area contributed by atoms with Crippen molar-refractivity contribution in [3.05, 3.63) is 74.3 Å². The Kier molecular flexibility index (Phi) is 6.45. The number of carbonyl (C=O) groups excluding carboxylic acids is 1. The summed E-state index contributed by atoms with van der Waals surface area (Å²) in [5, 5.41) is 3.85. The average molecular weight is 455 g/mol. The van der Waals surface area contributed by atoms with Crippen molar-refractivity contribution >= 4 is 44.5 Å². The molecule has 0 fully saturated rings. The van der Waals surface area contributed by atoms with Crippen LogP contribution in [0, 0.1) is 0 Å². The van der Waals surface area contributed by atoms with Gasteiger partial charge >= 0.3 is 0 Å². The molecule has 0 saturated heterocycles. The summed E-state index contributed by atoms with van der Waals surface area (Å²) < 4.78 is 5.85. The molecule has 0 saturated carbocycles. The fourth-order valence-electron chi connectivity index (χ4n) is 3.27. The van der Waals surface area contributed by atoms with Crippen molar-refractivity contribution in [2.24, 2.45) is 0 Å². The molecule has 1 aromatic carbocycles. The number of anilines is 1. The van der Waals surface area contributed by atoms with Crippen molar-refractivity contribution in [3.63, 3.8) is 0 Å². The maximum Gasteiger partial charge on any atom is 0.268 e. The number of rotatable bonds is 8. The minimum Gasteiger partial charge on any atom is -0.497 e. The van der Waals surface area contributed by atoms with E-state index in [1.807, 2.05) is 65.2 Å². The number of benzene rings is 1. The Morgan fingerprint density at radius 2 is 1.90 bits per heavy atom. The second-order valence-corrected chi connectivity index (χ2v) is 9.03. The van der Waals surface area contributed by atoms with Crippen LogP contribution in [0.1, 0.15) is 10.7 Å². The molecule has 9 heteroatoms. The van der Waals surface area contributed by atoms with Crippen molar-refractivity contribution in [1.29, 1.82) is 0 Å². The van der Waals surface area contributed by atoms with Gasteiger partial charge in [-0.05, 0) is 54.2 Å². The van der Waals surface area contributed by atoms with Gasteiger partial charge in [-0.25, -0.2) is 4.98 Å². The number of aromatic amines is 1. The van der Waals surface area contributed by atoms with E-state index in [1.165, 1.54) is 11.3 Å². The van der Waals surface area contributed by atoms with Gasteiger partial charge in [-0.2, -0.15) is 0 Å². The van der Waals surface area contributed by atoms with Crippen LogP contribution >= 0.6 is 22.7 Å². The van der Waals surface area contributed by atoms with Gasteiger partial charge in [0, 0.05) is 10.6 Å². The van der Waals surface area contributed by atoms with Crippen molar-refractivity contribution in [2.45, 2.75) is 13.1 Å². The molecule has 0 spiro atoms. The van der Waals surface area contributed by atoms with E-state index in [1.54, 1.807) is 23.3 Å². The van der Waals surface area contributed by atoms with Crippen molar-refractivity contribution in [3.8, 4) is 5.75 Å². The first-order valence-electron chi connectivity index (χ1n) is 9.65. The van der Waals surface area contributed by atoms with Gasteiger partial charge in [0.2, 0.25) is 5.91 Å². The molecular weight excluding hydrogens is 432 g/mol. The molecule has 0 bridgehead atoms. The zero-order valence-electron chi connectivity index (χ0n) is 17.2. The molecule has 31 heavy (non-hydrogen) atoms. The number of H-pyrrole nitrogens is 1. The van der Waals surface area contributed by atoms with Gasteiger partial charge in [-0.3, -0.25) is 14.5 Å². The number of nitrogens with one attached hydrogen (secondary N) is 1. The van der Waals surface area contributed by atoms with Crippen LogP contribution in [0.5, 0.6) is 5.75 Å². The number of hydrogen-bond acceptors (Lipinski definition) is 7. The van der Waals surface area contributed by atoms with E-state index < -0.39 is 0 Å². The van der Waals surface area contributed by atoms with Crippen LogP contribution in [-0.2, 0) is 17.9 Å². The highest BCUT2D eigenvalue weighted by Gasteiger charge is 2.19. The molecule has 0 aliphatic heterocycles. The quantitative estimate of drug-likeness (QED) is 0.439. The van der Waals surface area contributed by atoms with Gasteiger partial charge in [-0.1, -0.05) is 6.07 Å². The maximum absolute atomic E-state index is 13.2. The van der Waals surface area contributed by atoms with E-state index in [2.05, 4.69) is 9.97 Å². The molecule has 4 aromatic rings. The lowest BCUT2D eigenvalue weighted by atomic mass is 10.2. The van der Waals surface area contributed by atoms with E-state index in [-0.39, 0.29) is 18.0 Å². The van der Waals surface area contributed by atoms with Crippen LogP contribution < -0.4 is 15.2 Å². The lowest BCUT2D eigenvalue weighted by molar-refractivity contribution is -0.119. The Balaban J connectivity index is 1.50. The Morgan fingerprint density at radius 3 is 2.61 bits per heavy atom. The second kappa shape index (κ2) is 9.42. The minimum absolute atomic E-state index is 0.0416. The zero-order valence-corrected chi connectivity index (χ0v) is 18.8. The summed E-state index contributed by atoms with van der Waals surface area (Å²) in [4.78, 5) is 37.5.